The highest BCUT2D eigenvalue weighted by Crippen LogP contribution is 2.26. The van der Waals surface area contributed by atoms with Crippen LogP contribution in [0.1, 0.15) is 38.8 Å². The number of methoxy groups -OCH3 is 1. The van der Waals surface area contributed by atoms with Crippen LogP contribution in [0.3, 0.4) is 0 Å². The number of benzene rings is 1. The van der Waals surface area contributed by atoms with Crippen molar-refractivity contribution < 1.29 is 18.1 Å². The van der Waals surface area contributed by atoms with Crippen LogP contribution in [0.25, 0.3) is 0 Å². The molecule has 0 aliphatic heterocycles. The number of rotatable bonds is 5. The van der Waals surface area contributed by atoms with E-state index in [4.69, 9.17) is 11.6 Å². The fourth-order valence-corrected chi connectivity index (χ4v) is 2.56. The highest BCUT2D eigenvalue weighted by atomic mass is 35.5. The Hall–Kier alpha value is -0.980. The Morgan fingerprint density at radius 1 is 1.48 bits per heavy atom. The van der Waals surface area contributed by atoms with E-state index in [0.717, 1.165) is 0 Å². The lowest BCUT2D eigenvalue weighted by Gasteiger charge is -2.24. The van der Waals surface area contributed by atoms with Crippen molar-refractivity contribution in [2.45, 2.75) is 38.0 Å². The number of hydrogen-bond donors (Lipinski definition) is 1. The molecule has 0 amide bonds. The second-order valence-corrected chi connectivity index (χ2v) is 7.93. The predicted octanol–water partition coefficient (Wildman–Crippen LogP) is 3.14. The van der Waals surface area contributed by atoms with Crippen molar-refractivity contribution in [1.82, 2.24) is 4.72 Å². The van der Waals surface area contributed by atoms with Crippen LogP contribution in [0.5, 0.6) is 0 Å². The summed E-state index contributed by atoms with van der Waals surface area (Å²) in [5.41, 5.74) is 0.186. The Morgan fingerprint density at radius 3 is 2.62 bits per heavy atom. The van der Waals surface area contributed by atoms with E-state index in [-0.39, 0.29) is 12.0 Å². The van der Waals surface area contributed by atoms with Crippen molar-refractivity contribution in [2.75, 3.05) is 7.11 Å². The Balaban J connectivity index is 3.10. The van der Waals surface area contributed by atoms with E-state index in [2.05, 4.69) is 9.46 Å². The molecule has 1 rings (SSSR count). The molecule has 0 saturated heterocycles. The smallest absolute Gasteiger partial charge is 0.307 e. The lowest BCUT2D eigenvalue weighted by atomic mass is 10.0. The van der Waals surface area contributed by atoms with Crippen molar-refractivity contribution >= 4 is 28.6 Å². The normalized spacial score (nSPS) is 14.6. The summed E-state index contributed by atoms with van der Waals surface area (Å²) in [5.74, 6) is -1.05. The van der Waals surface area contributed by atoms with Gasteiger partial charge in [0.1, 0.15) is 5.82 Å². The molecule has 1 aromatic rings. The predicted molar refractivity (Wildman–Crippen MR) is 81.8 cm³/mol. The summed E-state index contributed by atoms with van der Waals surface area (Å²) in [4.78, 5) is 11.5. The monoisotopic (exact) mass is 335 g/mol. The van der Waals surface area contributed by atoms with Gasteiger partial charge < -0.3 is 4.74 Å². The van der Waals surface area contributed by atoms with Crippen LogP contribution in [0.2, 0.25) is 5.02 Å². The molecule has 21 heavy (non-hydrogen) atoms. The number of carbonyl (C=O) groups excluding carboxylic acids is 1. The third kappa shape index (κ3) is 5.37. The van der Waals surface area contributed by atoms with Gasteiger partial charge in [0.2, 0.25) is 0 Å². The molecule has 0 heterocycles. The molecular formula is C14H19ClFNO3S. The SMILES string of the molecule is COC(=O)C[C@H](NS(=O)C(C)(C)C)c1cc(Cl)ccc1F. The van der Waals surface area contributed by atoms with Gasteiger partial charge in [0, 0.05) is 10.6 Å². The van der Waals surface area contributed by atoms with Crippen LogP contribution in [0.15, 0.2) is 18.2 Å². The first-order valence-corrected chi connectivity index (χ1v) is 7.87. The molecule has 0 aromatic heterocycles. The van der Waals surface area contributed by atoms with E-state index in [1.165, 1.54) is 25.3 Å². The van der Waals surface area contributed by atoms with Crippen LogP contribution in [0.4, 0.5) is 4.39 Å². The molecule has 2 atom stereocenters. The summed E-state index contributed by atoms with van der Waals surface area (Å²) < 4.78 is 33.0. The molecule has 1 unspecified atom stereocenters. The fraction of sp³-hybridized carbons (Fsp3) is 0.500. The minimum Gasteiger partial charge on any atom is -0.469 e. The maximum Gasteiger partial charge on any atom is 0.307 e. The minimum atomic E-state index is -1.47. The summed E-state index contributed by atoms with van der Waals surface area (Å²) >= 11 is 5.87. The van der Waals surface area contributed by atoms with E-state index in [9.17, 15) is 13.4 Å². The van der Waals surface area contributed by atoms with Crippen LogP contribution in [-0.2, 0) is 20.5 Å². The summed E-state index contributed by atoms with van der Waals surface area (Å²) in [6, 6.07) is 3.26. The standard InChI is InChI=1S/C14H19ClFNO3S/c1-14(2,3)21(19)17-12(8-13(18)20-4)10-7-9(15)5-6-11(10)16/h5-7,12,17H,8H2,1-4H3/t12-,21?/m0/s1. The Bertz CT molecular complexity index is 546. The second kappa shape index (κ2) is 7.33. The minimum absolute atomic E-state index is 0.143. The van der Waals surface area contributed by atoms with Gasteiger partial charge in [-0.15, -0.1) is 0 Å². The van der Waals surface area contributed by atoms with Crippen LogP contribution in [-0.4, -0.2) is 22.0 Å². The van der Waals surface area contributed by atoms with Crippen LogP contribution in [0, 0.1) is 5.82 Å². The molecule has 0 spiro atoms. The lowest BCUT2D eigenvalue weighted by Crippen LogP contribution is -2.37. The first-order valence-electron chi connectivity index (χ1n) is 6.35. The largest absolute Gasteiger partial charge is 0.469 e. The molecule has 0 bridgehead atoms. The number of ether oxygens (including phenoxy) is 1. The third-order valence-electron chi connectivity index (χ3n) is 2.74. The quantitative estimate of drug-likeness (QED) is 0.841. The van der Waals surface area contributed by atoms with Crippen molar-refractivity contribution in [2.24, 2.45) is 0 Å². The maximum absolute atomic E-state index is 14.0. The van der Waals surface area contributed by atoms with Gasteiger partial charge in [-0.25, -0.2) is 13.3 Å². The maximum atomic E-state index is 14.0. The summed E-state index contributed by atoms with van der Waals surface area (Å²) in [6.07, 6.45) is -0.143. The van der Waals surface area contributed by atoms with Gasteiger partial charge in [0.15, 0.2) is 0 Å². The molecule has 118 valence electrons. The van der Waals surface area contributed by atoms with Gasteiger partial charge in [-0.2, -0.15) is 0 Å². The number of halogens is 2. The summed E-state index contributed by atoms with van der Waals surface area (Å²) in [7, 11) is -0.224. The van der Waals surface area contributed by atoms with Crippen molar-refractivity contribution in [3.05, 3.63) is 34.6 Å². The first kappa shape index (κ1) is 18.1. The fourth-order valence-electron chi connectivity index (χ4n) is 1.55. The zero-order chi connectivity index (χ0) is 16.2. The van der Waals surface area contributed by atoms with E-state index in [1.54, 1.807) is 20.8 Å². The molecule has 1 aromatic carbocycles. The highest BCUT2D eigenvalue weighted by molar-refractivity contribution is 7.84. The molecule has 0 radical (unpaired) electrons. The third-order valence-corrected chi connectivity index (χ3v) is 4.58. The molecule has 0 saturated carbocycles. The number of hydrogen-bond acceptors (Lipinski definition) is 3. The number of esters is 1. The Morgan fingerprint density at radius 2 is 2.10 bits per heavy atom. The van der Waals surface area contributed by atoms with Crippen LogP contribution >= 0.6 is 11.6 Å². The molecule has 0 fully saturated rings. The Kier molecular flexibility index (Phi) is 6.31. The van der Waals surface area contributed by atoms with Gasteiger partial charge in [-0.05, 0) is 39.0 Å². The van der Waals surface area contributed by atoms with E-state index >= 15 is 0 Å². The zero-order valence-corrected chi connectivity index (χ0v) is 14.0. The van der Waals surface area contributed by atoms with Crippen molar-refractivity contribution in [1.29, 1.82) is 0 Å². The van der Waals surface area contributed by atoms with Crippen molar-refractivity contribution in [3.63, 3.8) is 0 Å². The molecule has 0 aliphatic carbocycles. The first-order chi connectivity index (χ1) is 9.65. The van der Waals surface area contributed by atoms with Gasteiger partial charge in [-0.1, -0.05) is 11.6 Å². The summed E-state index contributed by atoms with van der Waals surface area (Å²) in [5, 5.41) is 0.338. The van der Waals surface area contributed by atoms with E-state index in [1.807, 2.05) is 0 Å². The second-order valence-electron chi connectivity index (χ2n) is 5.50. The van der Waals surface area contributed by atoms with Gasteiger partial charge >= 0.3 is 5.97 Å². The average molecular weight is 336 g/mol. The summed E-state index contributed by atoms with van der Waals surface area (Å²) in [6.45, 7) is 5.33. The van der Waals surface area contributed by atoms with Gasteiger partial charge in [-0.3, -0.25) is 4.79 Å². The van der Waals surface area contributed by atoms with Crippen molar-refractivity contribution in [3.8, 4) is 0 Å². The zero-order valence-electron chi connectivity index (χ0n) is 12.4. The topological polar surface area (TPSA) is 55.4 Å². The Labute approximate surface area is 131 Å². The molecule has 7 heteroatoms. The molecule has 0 aliphatic rings. The number of nitrogens with one attached hydrogen (secondary N) is 1. The molecule has 1 N–H and O–H groups in total. The van der Waals surface area contributed by atoms with Gasteiger partial charge in [0.05, 0.1) is 35.3 Å². The van der Waals surface area contributed by atoms with E-state index in [0.29, 0.717) is 5.02 Å². The highest BCUT2D eigenvalue weighted by Gasteiger charge is 2.27. The van der Waals surface area contributed by atoms with E-state index < -0.39 is 33.6 Å². The number of carbonyl (C=O) groups is 1. The molecule has 4 nitrogen and oxygen atoms in total. The van der Waals surface area contributed by atoms with Gasteiger partial charge in [0.25, 0.3) is 0 Å². The lowest BCUT2D eigenvalue weighted by molar-refractivity contribution is -0.141. The van der Waals surface area contributed by atoms with Crippen LogP contribution < -0.4 is 4.72 Å². The average Bonchev–Trinajstić information content (AvgIpc) is 2.39. The molecular weight excluding hydrogens is 317 g/mol.